The van der Waals surface area contributed by atoms with Crippen molar-refractivity contribution in [2.45, 2.75) is 6.92 Å². The molecule has 2 aromatic rings. The van der Waals surface area contributed by atoms with Gasteiger partial charge in [-0.05, 0) is 36.8 Å². The summed E-state index contributed by atoms with van der Waals surface area (Å²) < 4.78 is 31.7. The van der Waals surface area contributed by atoms with Gasteiger partial charge in [-0.3, -0.25) is 0 Å². The van der Waals surface area contributed by atoms with Crippen LogP contribution < -0.4 is 4.74 Å². The Bertz CT molecular complexity index is 632. The van der Waals surface area contributed by atoms with Crippen LogP contribution in [0, 0.1) is 29.9 Å². The number of aryl methyl sites for hydroxylation is 1. The summed E-state index contributed by atoms with van der Waals surface area (Å²) in [6.07, 6.45) is 0. The topological polar surface area (TPSA) is 33.0 Å². The van der Waals surface area contributed by atoms with Gasteiger partial charge in [0.05, 0.1) is 5.56 Å². The zero-order valence-corrected chi connectivity index (χ0v) is 9.58. The lowest BCUT2D eigenvalue weighted by Gasteiger charge is -2.09. The number of rotatable bonds is 2. The molecule has 2 aromatic carbocycles. The van der Waals surface area contributed by atoms with Crippen LogP contribution in [0.3, 0.4) is 0 Å². The van der Waals surface area contributed by atoms with Crippen LogP contribution in [-0.2, 0) is 0 Å². The van der Waals surface area contributed by atoms with Gasteiger partial charge in [0, 0.05) is 0 Å². The van der Waals surface area contributed by atoms with E-state index in [1.54, 1.807) is 18.2 Å². The second-order valence-corrected chi connectivity index (χ2v) is 3.77. The van der Waals surface area contributed by atoms with Gasteiger partial charge in [0.25, 0.3) is 0 Å². The van der Waals surface area contributed by atoms with Crippen molar-refractivity contribution in [2.75, 3.05) is 0 Å². The summed E-state index contributed by atoms with van der Waals surface area (Å²) in [4.78, 5) is 0. The first-order chi connectivity index (χ1) is 8.61. The molecule has 0 saturated heterocycles. The fourth-order valence-electron chi connectivity index (χ4n) is 1.49. The molecule has 0 radical (unpaired) electrons. The van der Waals surface area contributed by atoms with Crippen molar-refractivity contribution in [3.63, 3.8) is 0 Å². The summed E-state index contributed by atoms with van der Waals surface area (Å²) in [5, 5.41) is 8.91. The second-order valence-electron chi connectivity index (χ2n) is 3.77. The van der Waals surface area contributed by atoms with E-state index in [9.17, 15) is 8.78 Å². The van der Waals surface area contributed by atoms with Crippen molar-refractivity contribution in [3.05, 3.63) is 59.2 Å². The molecule has 0 heterocycles. The van der Waals surface area contributed by atoms with Crippen LogP contribution in [-0.4, -0.2) is 0 Å². The predicted molar refractivity (Wildman–Crippen MR) is 62.3 cm³/mol. The summed E-state index contributed by atoms with van der Waals surface area (Å²) in [5.41, 5.74) is 1.13. The average molecular weight is 245 g/mol. The Morgan fingerprint density at radius 3 is 2.61 bits per heavy atom. The van der Waals surface area contributed by atoms with E-state index in [0.29, 0.717) is 0 Å². The fourth-order valence-corrected chi connectivity index (χ4v) is 1.49. The largest absolute Gasteiger partial charge is 0.453 e. The number of nitriles is 1. The van der Waals surface area contributed by atoms with E-state index in [0.717, 1.165) is 11.6 Å². The third-order valence-electron chi connectivity index (χ3n) is 2.39. The first-order valence-electron chi connectivity index (χ1n) is 5.24. The molecule has 0 aliphatic rings. The van der Waals surface area contributed by atoms with Crippen molar-refractivity contribution >= 4 is 0 Å². The Labute approximate surface area is 103 Å². The highest BCUT2D eigenvalue weighted by Crippen LogP contribution is 2.28. The Morgan fingerprint density at radius 2 is 1.89 bits per heavy atom. The zero-order valence-electron chi connectivity index (χ0n) is 9.58. The van der Waals surface area contributed by atoms with Crippen LogP contribution in [0.4, 0.5) is 8.78 Å². The summed E-state index contributed by atoms with van der Waals surface area (Å²) in [5.74, 6) is -2.08. The highest BCUT2D eigenvalue weighted by Gasteiger charge is 2.12. The first-order valence-corrected chi connectivity index (χ1v) is 5.24. The average Bonchev–Trinajstić information content (AvgIpc) is 2.35. The molecule has 0 unspecified atom stereocenters. The maximum Gasteiger partial charge on any atom is 0.201 e. The highest BCUT2D eigenvalue weighted by molar-refractivity contribution is 5.47. The Hall–Kier alpha value is -2.41. The van der Waals surface area contributed by atoms with Gasteiger partial charge in [0.2, 0.25) is 5.82 Å². The van der Waals surface area contributed by atoms with E-state index < -0.39 is 11.6 Å². The molecule has 2 rings (SSSR count). The molecule has 2 nitrogen and oxygen atoms in total. The molecule has 90 valence electrons. The molecule has 0 atom stereocenters. The van der Waals surface area contributed by atoms with Crippen LogP contribution in [0.5, 0.6) is 11.5 Å². The van der Waals surface area contributed by atoms with Gasteiger partial charge in [0.15, 0.2) is 11.6 Å². The molecule has 0 fully saturated rings. The van der Waals surface area contributed by atoms with Crippen molar-refractivity contribution < 1.29 is 13.5 Å². The number of benzene rings is 2. The number of halogens is 2. The minimum absolute atomic E-state index is 0.210. The van der Waals surface area contributed by atoms with Crippen LogP contribution in [0.1, 0.15) is 11.1 Å². The van der Waals surface area contributed by atoms with E-state index >= 15 is 0 Å². The minimum atomic E-state index is -1.07. The lowest BCUT2D eigenvalue weighted by Crippen LogP contribution is -1.94. The van der Waals surface area contributed by atoms with Gasteiger partial charge in [-0.25, -0.2) is 4.39 Å². The van der Waals surface area contributed by atoms with Crippen LogP contribution in [0.15, 0.2) is 36.4 Å². The number of nitrogens with zero attached hydrogens (tertiary/aromatic N) is 1. The highest BCUT2D eigenvalue weighted by atomic mass is 19.2. The quantitative estimate of drug-likeness (QED) is 0.802. The van der Waals surface area contributed by atoms with Crippen molar-refractivity contribution in [1.29, 1.82) is 5.26 Å². The predicted octanol–water partition coefficient (Wildman–Crippen LogP) is 3.94. The molecular formula is C14H9F2NO. The van der Waals surface area contributed by atoms with Gasteiger partial charge < -0.3 is 4.74 Å². The second kappa shape index (κ2) is 4.84. The smallest absolute Gasteiger partial charge is 0.201 e. The molecule has 0 aliphatic heterocycles. The van der Waals surface area contributed by atoms with Crippen molar-refractivity contribution in [1.82, 2.24) is 0 Å². The van der Waals surface area contributed by atoms with Gasteiger partial charge in [0.1, 0.15) is 11.8 Å². The molecule has 4 heteroatoms. The molecule has 0 amide bonds. The lowest BCUT2D eigenvalue weighted by atomic mass is 10.1. The molecule has 0 aliphatic carbocycles. The van der Waals surface area contributed by atoms with E-state index in [1.165, 1.54) is 12.1 Å². The van der Waals surface area contributed by atoms with Crippen LogP contribution in [0.25, 0.3) is 0 Å². The Kier molecular flexibility index (Phi) is 3.24. The van der Waals surface area contributed by atoms with E-state index in [2.05, 4.69) is 0 Å². The maximum atomic E-state index is 13.4. The molecule has 0 spiro atoms. The standard InChI is InChI=1S/C14H9F2NO/c1-9-5-6-10(8-17)13(7-9)18-12-4-2-3-11(15)14(12)16/h2-7H,1H3. The first kappa shape index (κ1) is 12.1. The minimum Gasteiger partial charge on any atom is -0.453 e. The molecule has 18 heavy (non-hydrogen) atoms. The summed E-state index contributed by atoms with van der Waals surface area (Å²) >= 11 is 0. The molecule has 0 saturated carbocycles. The van der Waals surface area contributed by atoms with Gasteiger partial charge in [-0.1, -0.05) is 12.1 Å². The van der Waals surface area contributed by atoms with Crippen LogP contribution in [0.2, 0.25) is 0 Å². The van der Waals surface area contributed by atoms with Gasteiger partial charge in [-0.15, -0.1) is 0 Å². The molecule has 0 aromatic heterocycles. The summed E-state index contributed by atoms with van der Waals surface area (Å²) in [6.45, 7) is 1.82. The normalized spacial score (nSPS) is 9.89. The van der Waals surface area contributed by atoms with E-state index in [-0.39, 0.29) is 17.1 Å². The number of hydrogen-bond donors (Lipinski definition) is 0. The third-order valence-corrected chi connectivity index (χ3v) is 2.39. The molecule has 0 N–H and O–H groups in total. The van der Waals surface area contributed by atoms with E-state index in [4.69, 9.17) is 10.00 Å². The third kappa shape index (κ3) is 2.30. The monoisotopic (exact) mass is 245 g/mol. The zero-order chi connectivity index (χ0) is 13.1. The fraction of sp³-hybridized carbons (Fsp3) is 0.0714. The number of ether oxygens (including phenoxy) is 1. The summed E-state index contributed by atoms with van der Waals surface area (Å²) in [7, 11) is 0. The van der Waals surface area contributed by atoms with Crippen molar-refractivity contribution in [2.24, 2.45) is 0 Å². The van der Waals surface area contributed by atoms with Crippen molar-refractivity contribution in [3.8, 4) is 17.6 Å². The maximum absolute atomic E-state index is 13.4. The van der Waals surface area contributed by atoms with Crippen LogP contribution >= 0.6 is 0 Å². The van der Waals surface area contributed by atoms with Gasteiger partial charge in [-0.2, -0.15) is 9.65 Å². The SMILES string of the molecule is Cc1ccc(C#N)c(Oc2cccc(F)c2F)c1. The Morgan fingerprint density at radius 1 is 1.11 bits per heavy atom. The van der Waals surface area contributed by atoms with E-state index in [1.807, 2.05) is 13.0 Å². The Balaban J connectivity index is 2.43. The lowest BCUT2D eigenvalue weighted by molar-refractivity contribution is 0.415. The summed E-state index contributed by atoms with van der Waals surface area (Å²) in [6, 6.07) is 10.5. The molecular weight excluding hydrogens is 236 g/mol. The van der Waals surface area contributed by atoms with Gasteiger partial charge >= 0.3 is 0 Å². The molecule has 0 bridgehead atoms. The number of hydrogen-bond acceptors (Lipinski definition) is 2.